The Balaban J connectivity index is 1.49. The summed E-state index contributed by atoms with van der Waals surface area (Å²) in [5.41, 5.74) is 10.2. The van der Waals surface area contributed by atoms with Crippen LogP contribution in [0.5, 0.6) is 5.88 Å². The van der Waals surface area contributed by atoms with Crippen molar-refractivity contribution in [1.82, 2.24) is 14.9 Å². The van der Waals surface area contributed by atoms with Crippen LogP contribution < -0.4 is 10.5 Å². The third-order valence-electron chi connectivity index (χ3n) is 5.51. The minimum Gasteiger partial charge on any atom is -0.472 e. The van der Waals surface area contributed by atoms with Gasteiger partial charge in [0.05, 0.1) is 11.4 Å². The molecule has 10 heteroatoms. The lowest BCUT2D eigenvalue weighted by Gasteiger charge is -2.28. The Kier molecular flexibility index (Phi) is 6.97. The van der Waals surface area contributed by atoms with Gasteiger partial charge in [0.2, 0.25) is 5.88 Å². The van der Waals surface area contributed by atoms with Gasteiger partial charge >= 0.3 is 0 Å². The second-order valence-electron chi connectivity index (χ2n) is 7.81. The van der Waals surface area contributed by atoms with Gasteiger partial charge in [-0.1, -0.05) is 40.5 Å². The molecular formula is C23H22Cl2FN5O2. The second-order valence-corrected chi connectivity index (χ2v) is 8.66. The molecule has 172 valence electrons. The lowest BCUT2D eigenvalue weighted by atomic mass is 10.0. The van der Waals surface area contributed by atoms with E-state index in [4.69, 9.17) is 38.9 Å². The van der Waals surface area contributed by atoms with Crippen LogP contribution in [-0.2, 0) is 26.1 Å². The number of oxime groups is 1. The smallest absolute Gasteiger partial charge is 0.233 e. The zero-order valence-corrected chi connectivity index (χ0v) is 19.4. The van der Waals surface area contributed by atoms with E-state index in [9.17, 15) is 4.39 Å². The van der Waals surface area contributed by atoms with Gasteiger partial charge in [-0.25, -0.2) is 14.4 Å². The fourth-order valence-electron chi connectivity index (χ4n) is 3.63. The summed E-state index contributed by atoms with van der Waals surface area (Å²) in [4.78, 5) is 11.4. The highest BCUT2D eigenvalue weighted by molar-refractivity contribution is 6.32. The van der Waals surface area contributed by atoms with Gasteiger partial charge < -0.3 is 15.7 Å². The van der Waals surface area contributed by atoms with Crippen molar-refractivity contribution in [3.05, 3.63) is 86.0 Å². The van der Waals surface area contributed by atoms with Crippen LogP contribution in [0.4, 0.5) is 4.39 Å². The Labute approximate surface area is 200 Å². The van der Waals surface area contributed by atoms with Crippen LogP contribution in [0.15, 0.2) is 41.6 Å². The SMILES string of the molecule is Cc1ccc(/C(N)=N/O)nc1CN1CCc2cc(Cl)c(OCc3ccc(Cl)cc3F)nc2C1. The van der Waals surface area contributed by atoms with Crippen LogP contribution in [0.3, 0.4) is 0 Å². The van der Waals surface area contributed by atoms with Crippen LogP contribution in [0.1, 0.15) is 33.8 Å². The molecule has 3 heterocycles. The number of amidine groups is 1. The lowest BCUT2D eigenvalue weighted by Crippen LogP contribution is -2.31. The minimum atomic E-state index is -0.445. The molecule has 33 heavy (non-hydrogen) atoms. The molecule has 1 aliphatic rings. The number of pyridine rings is 2. The summed E-state index contributed by atoms with van der Waals surface area (Å²) in [6.45, 7) is 3.91. The molecule has 3 aromatic rings. The van der Waals surface area contributed by atoms with Crippen molar-refractivity contribution in [2.75, 3.05) is 6.54 Å². The Morgan fingerprint density at radius 1 is 1.24 bits per heavy atom. The van der Waals surface area contributed by atoms with Crippen molar-refractivity contribution in [3.63, 3.8) is 0 Å². The number of aromatic nitrogens is 2. The Bertz CT molecular complexity index is 1220. The molecule has 1 aliphatic heterocycles. The maximum absolute atomic E-state index is 14.1. The number of benzene rings is 1. The fourth-order valence-corrected chi connectivity index (χ4v) is 4.01. The van der Waals surface area contributed by atoms with E-state index in [0.29, 0.717) is 34.4 Å². The second kappa shape index (κ2) is 9.91. The molecule has 2 aromatic heterocycles. The third kappa shape index (κ3) is 5.35. The van der Waals surface area contributed by atoms with Crippen molar-refractivity contribution in [2.45, 2.75) is 33.0 Å². The zero-order chi connectivity index (χ0) is 23.5. The van der Waals surface area contributed by atoms with Crippen LogP contribution in [-0.4, -0.2) is 32.5 Å². The molecule has 0 aliphatic carbocycles. The van der Waals surface area contributed by atoms with Crippen LogP contribution >= 0.6 is 23.2 Å². The predicted octanol–water partition coefficient (Wildman–Crippen LogP) is 4.46. The van der Waals surface area contributed by atoms with Crippen molar-refractivity contribution < 1.29 is 14.3 Å². The molecule has 0 unspecified atom stereocenters. The van der Waals surface area contributed by atoms with Gasteiger partial charge in [0.15, 0.2) is 5.84 Å². The maximum atomic E-state index is 14.1. The summed E-state index contributed by atoms with van der Waals surface area (Å²) < 4.78 is 19.8. The number of hydrogen-bond acceptors (Lipinski definition) is 6. The zero-order valence-electron chi connectivity index (χ0n) is 17.9. The van der Waals surface area contributed by atoms with Gasteiger partial charge in [0.1, 0.15) is 23.1 Å². The largest absolute Gasteiger partial charge is 0.472 e. The Hall–Kier alpha value is -2.94. The Morgan fingerprint density at radius 3 is 2.82 bits per heavy atom. The number of nitrogens with two attached hydrogens (primary N) is 1. The van der Waals surface area contributed by atoms with Crippen molar-refractivity contribution in [2.24, 2.45) is 10.9 Å². The minimum absolute atomic E-state index is 0.0119. The highest BCUT2D eigenvalue weighted by Crippen LogP contribution is 2.30. The van der Waals surface area contributed by atoms with Gasteiger partial charge in [-0.05, 0) is 48.7 Å². The molecule has 0 amide bonds. The topological polar surface area (TPSA) is 96.9 Å². The Morgan fingerprint density at radius 2 is 2.06 bits per heavy atom. The van der Waals surface area contributed by atoms with E-state index in [-0.39, 0.29) is 18.3 Å². The van der Waals surface area contributed by atoms with Gasteiger partial charge in [-0.15, -0.1) is 0 Å². The molecule has 0 radical (unpaired) electrons. The molecule has 0 bridgehead atoms. The maximum Gasteiger partial charge on any atom is 0.233 e. The summed E-state index contributed by atoms with van der Waals surface area (Å²) >= 11 is 12.2. The van der Waals surface area contributed by atoms with E-state index >= 15 is 0 Å². The van der Waals surface area contributed by atoms with Gasteiger partial charge in [-0.3, -0.25) is 4.90 Å². The van der Waals surface area contributed by atoms with E-state index in [2.05, 4.69) is 20.0 Å². The number of nitrogens with zero attached hydrogens (tertiary/aromatic N) is 4. The third-order valence-corrected chi connectivity index (χ3v) is 6.01. The molecule has 0 fully saturated rings. The number of fused-ring (bicyclic) bond motifs is 1. The predicted molar refractivity (Wildman–Crippen MR) is 124 cm³/mol. The van der Waals surface area contributed by atoms with Crippen LogP contribution in [0, 0.1) is 12.7 Å². The van der Waals surface area contributed by atoms with E-state index < -0.39 is 5.82 Å². The fraction of sp³-hybridized carbons (Fsp3) is 0.261. The molecule has 0 saturated heterocycles. The van der Waals surface area contributed by atoms with Crippen molar-refractivity contribution in [3.8, 4) is 5.88 Å². The molecule has 0 saturated carbocycles. The average molecular weight is 490 g/mol. The highest BCUT2D eigenvalue weighted by Gasteiger charge is 2.22. The van der Waals surface area contributed by atoms with Crippen LogP contribution in [0.2, 0.25) is 10.0 Å². The number of hydrogen-bond donors (Lipinski definition) is 2. The van der Waals surface area contributed by atoms with Crippen molar-refractivity contribution >= 4 is 29.0 Å². The number of aryl methyl sites for hydroxylation is 1. The molecule has 7 nitrogen and oxygen atoms in total. The normalized spacial score (nSPS) is 14.2. The van der Waals surface area contributed by atoms with Crippen LogP contribution in [0.25, 0.3) is 0 Å². The molecule has 0 spiro atoms. The first-order valence-corrected chi connectivity index (χ1v) is 11.0. The number of ether oxygens (including phenoxy) is 1. The summed E-state index contributed by atoms with van der Waals surface area (Å²) in [7, 11) is 0. The first-order chi connectivity index (χ1) is 15.8. The highest BCUT2D eigenvalue weighted by atomic mass is 35.5. The molecule has 1 aromatic carbocycles. The first-order valence-electron chi connectivity index (χ1n) is 10.3. The average Bonchev–Trinajstić information content (AvgIpc) is 2.79. The van der Waals surface area contributed by atoms with Gasteiger partial charge in [-0.2, -0.15) is 0 Å². The van der Waals surface area contributed by atoms with E-state index in [1.807, 2.05) is 19.1 Å². The lowest BCUT2D eigenvalue weighted by molar-refractivity contribution is 0.233. The van der Waals surface area contributed by atoms with Crippen molar-refractivity contribution in [1.29, 1.82) is 0 Å². The molecular weight excluding hydrogens is 468 g/mol. The first kappa shape index (κ1) is 23.2. The summed E-state index contributed by atoms with van der Waals surface area (Å²) in [5, 5.41) is 12.7. The van der Waals surface area contributed by atoms with Gasteiger partial charge in [0, 0.05) is 30.2 Å². The number of halogens is 3. The van der Waals surface area contributed by atoms with E-state index in [1.165, 1.54) is 6.07 Å². The summed E-state index contributed by atoms with van der Waals surface area (Å²) in [5.74, 6) is -0.218. The standard InChI is InChI=1S/C23H22Cl2FN5O2/c1-13-2-5-19(22(27)30-32)28-20(13)10-31-7-6-14-8-17(25)23(29-21(14)11-31)33-12-15-3-4-16(24)9-18(15)26/h2-5,8-9,32H,6-7,10-12H2,1H3,(H2,27,30). The molecule has 0 atom stereocenters. The summed E-state index contributed by atoms with van der Waals surface area (Å²) in [6, 6.07) is 9.89. The van der Waals surface area contributed by atoms with E-state index in [1.54, 1.807) is 18.2 Å². The molecule has 4 rings (SSSR count). The number of rotatable bonds is 6. The molecule has 3 N–H and O–H groups in total. The summed E-state index contributed by atoms with van der Waals surface area (Å²) in [6.07, 6.45) is 0.771. The quantitative estimate of drug-likeness (QED) is 0.229. The van der Waals surface area contributed by atoms with Gasteiger partial charge in [0.25, 0.3) is 0 Å². The monoisotopic (exact) mass is 489 g/mol. The van der Waals surface area contributed by atoms with E-state index in [0.717, 1.165) is 35.5 Å².